The van der Waals surface area contributed by atoms with Crippen LogP contribution in [0.25, 0.3) is 0 Å². The van der Waals surface area contributed by atoms with Crippen molar-refractivity contribution in [2.45, 2.75) is 24.8 Å². The van der Waals surface area contributed by atoms with E-state index in [4.69, 9.17) is 11.5 Å². The zero-order valence-corrected chi connectivity index (χ0v) is 10.6. The highest BCUT2D eigenvalue weighted by Gasteiger charge is 2.18. The molecule has 0 atom stereocenters. The molecule has 1 rings (SSSR count). The number of nitrogen functional groups attached to an aromatic ring is 1. The number of nitrogens with two attached hydrogens (primary N) is 2. The van der Waals surface area contributed by atoms with Gasteiger partial charge in [-0.3, -0.25) is 4.79 Å². The van der Waals surface area contributed by atoms with Crippen LogP contribution in [0.2, 0.25) is 0 Å². The Labute approximate surface area is 97.4 Å². The number of amides is 1. The molecule has 0 aliphatic rings. The second-order valence-electron chi connectivity index (χ2n) is 3.37. The van der Waals surface area contributed by atoms with Crippen molar-refractivity contribution in [1.82, 2.24) is 0 Å². The van der Waals surface area contributed by atoms with Crippen LogP contribution in [-0.2, 0) is 0 Å². The smallest absolute Gasteiger partial charge is 0.261 e. The van der Waals surface area contributed by atoms with Gasteiger partial charge in [0.25, 0.3) is 5.91 Å². The quantitative estimate of drug-likeness (QED) is 0.708. The molecule has 0 radical (unpaired) electrons. The molecule has 6 heteroatoms. The second-order valence-corrected chi connectivity index (χ2v) is 5.21. The van der Waals surface area contributed by atoms with Gasteiger partial charge in [-0.15, -0.1) is 23.1 Å². The Balaban J connectivity index is 3.15. The number of primary amides is 1. The number of carbonyl (C=O) groups is 1. The van der Waals surface area contributed by atoms with Crippen LogP contribution < -0.4 is 16.8 Å². The number of anilines is 2. The van der Waals surface area contributed by atoms with Crippen LogP contribution in [-0.4, -0.2) is 18.2 Å². The summed E-state index contributed by atoms with van der Waals surface area (Å²) in [5, 5.41) is 4.17. The van der Waals surface area contributed by atoms with Crippen LogP contribution in [0.3, 0.4) is 0 Å². The van der Waals surface area contributed by atoms with Crippen LogP contribution in [0, 0.1) is 0 Å². The van der Waals surface area contributed by atoms with Gasteiger partial charge in [0.1, 0.15) is 9.88 Å². The average Bonchev–Trinajstić information content (AvgIpc) is 2.41. The fourth-order valence-electron chi connectivity index (χ4n) is 1.17. The molecule has 0 aromatic carbocycles. The van der Waals surface area contributed by atoms with E-state index >= 15 is 0 Å². The van der Waals surface area contributed by atoms with Crippen LogP contribution in [0.1, 0.15) is 23.5 Å². The van der Waals surface area contributed by atoms with Gasteiger partial charge >= 0.3 is 0 Å². The Hall–Kier alpha value is -0.880. The number of nitrogens with one attached hydrogen (secondary N) is 1. The number of hydrogen-bond acceptors (Lipinski definition) is 5. The van der Waals surface area contributed by atoms with Crippen LogP contribution in [0.4, 0.5) is 10.7 Å². The van der Waals surface area contributed by atoms with Crippen molar-refractivity contribution in [3.05, 3.63) is 4.88 Å². The van der Waals surface area contributed by atoms with Gasteiger partial charge in [0.05, 0.1) is 10.6 Å². The zero-order valence-electron chi connectivity index (χ0n) is 8.96. The lowest BCUT2D eigenvalue weighted by Gasteiger charge is -2.08. The Kier molecular flexibility index (Phi) is 3.87. The van der Waals surface area contributed by atoms with E-state index in [-0.39, 0.29) is 0 Å². The molecular formula is C9H15N3OS2. The maximum absolute atomic E-state index is 11.1. The number of hydrogen-bond donors (Lipinski definition) is 3. The van der Waals surface area contributed by atoms with Crippen molar-refractivity contribution in [2.24, 2.45) is 5.73 Å². The van der Waals surface area contributed by atoms with Crippen molar-refractivity contribution in [1.29, 1.82) is 0 Å². The van der Waals surface area contributed by atoms with Crippen molar-refractivity contribution in [3.8, 4) is 0 Å². The predicted octanol–water partition coefficient (Wildman–Crippen LogP) is 1.97. The van der Waals surface area contributed by atoms with E-state index in [0.717, 1.165) is 9.90 Å². The van der Waals surface area contributed by atoms with E-state index in [0.29, 0.717) is 16.6 Å². The molecule has 0 spiro atoms. The van der Waals surface area contributed by atoms with Gasteiger partial charge in [-0.1, -0.05) is 0 Å². The minimum Gasteiger partial charge on any atom is -0.396 e. The molecule has 1 aromatic heterocycles. The fourth-order valence-corrected chi connectivity index (χ4v) is 3.19. The maximum Gasteiger partial charge on any atom is 0.261 e. The van der Waals surface area contributed by atoms with E-state index in [1.807, 2.05) is 20.1 Å². The zero-order chi connectivity index (χ0) is 11.6. The van der Waals surface area contributed by atoms with E-state index < -0.39 is 5.91 Å². The molecule has 0 fully saturated rings. The molecule has 84 valence electrons. The topological polar surface area (TPSA) is 81.1 Å². The summed E-state index contributed by atoms with van der Waals surface area (Å²) in [5.41, 5.74) is 11.6. The molecule has 0 aliphatic heterocycles. The Bertz CT molecular complexity index is 374. The first kappa shape index (κ1) is 12.2. The lowest BCUT2D eigenvalue weighted by atomic mass is 10.3. The molecule has 1 aromatic rings. The molecule has 5 N–H and O–H groups in total. The monoisotopic (exact) mass is 245 g/mol. The molecule has 0 aliphatic carbocycles. The summed E-state index contributed by atoms with van der Waals surface area (Å²) < 4.78 is 0. The molecule has 1 amide bonds. The van der Waals surface area contributed by atoms with Gasteiger partial charge in [0.15, 0.2) is 0 Å². The summed E-state index contributed by atoms with van der Waals surface area (Å²) in [4.78, 5) is 12.4. The molecule has 1 heterocycles. The number of thioether (sulfide) groups is 1. The molecular weight excluding hydrogens is 230 g/mol. The first-order valence-electron chi connectivity index (χ1n) is 4.50. The van der Waals surface area contributed by atoms with Crippen LogP contribution >= 0.6 is 23.1 Å². The van der Waals surface area contributed by atoms with Gasteiger partial charge in [0, 0.05) is 6.04 Å². The Morgan fingerprint density at radius 2 is 2.13 bits per heavy atom. The van der Waals surface area contributed by atoms with E-state index in [1.54, 1.807) is 0 Å². The summed E-state index contributed by atoms with van der Waals surface area (Å²) in [6.45, 7) is 4.06. The van der Waals surface area contributed by atoms with Gasteiger partial charge in [0.2, 0.25) is 0 Å². The predicted molar refractivity (Wildman–Crippen MR) is 67.8 cm³/mol. The number of carbonyl (C=O) groups excluding carboxylic acids is 1. The standard InChI is InChI=1S/C9H15N3OS2/c1-4(2)12-9-7(14-3)5(10)6(15-9)8(11)13/h4,12H,10H2,1-3H3,(H2,11,13). The maximum atomic E-state index is 11.1. The minimum absolute atomic E-state index is 0.301. The highest BCUT2D eigenvalue weighted by molar-refractivity contribution is 7.99. The van der Waals surface area contributed by atoms with E-state index in [9.17, 15) is 4.79 Å². The fraction of sp³-hybridized carbons (Fsp3) is 0.444. The van der Waals surface area contributed by atoms with Crippen molar-refractivity contribution >= 4 is 39.7 Å². The second kappa shape index (κ2) is 4.76. The highest BCUT2D eigenvalue weighted by Crippen LogP contribution is 2.41. The van der Waals surface area contributed by atoms with Crippen molar-refractivity contribution < 1.29 is 4.79 Å². The van der Waals surface area contributed by atoms with Gasteiger partial charge < -0.3 is 16.8 Å². The molecule has 0 saturated heterocycles. The third-order valence-electron chi connectivity index (χ3n) is 1.75. The van der Waals surface area contributed by atoms with Crippen molar-refractivity contribution in [3.63, 3.8) is 0 Å². The van der Waals surface area contributed by atoms with Crippen LogP contribution in [0.15, 0.2) is 4.90 Å². The minimum atomic E-state index is -0.468. The molecule has 0 bridgehead atoms. The molecule has 0 unspecified atom stereocenters. The van der Waals surface area contributed by atoms with Gasteiger partial charge in [-0.05, 0) is 20.1 Å². The molecule has 4 nitrogen and oxygen atoms in total. The summed E-state index contributed by atoms with van der Waals surface area (Å²) in [6.07, 6.45) is 1.93. The van der Waals surface area contributed by atoms with Gasteiger partial charge in [-0.25, -0.2) is 0 Å². The van der Waals surface area contributed by atoms with Crippen molar-refractivity contribution in [2.75, 3.05) is 17.3 Å². The summed E-state index contributed by atoms with van der Waals surface area (Å²) in [5.74, 6) is -0.468. The molecule has 15 heavy (non-hydrogen) atoms. The lowest BCUT2D eigenvalue weighted by Crippen LogP contribution is -2.10. The number of rotatable bonds is 4. The number of thiophene rings is 1. The third-order valence-corrected chi connectivity index (χ3v) is 3.86. The SMILES string of the molecule is CSc1c(NC(C)C)sc(C(N)=O)c1N. The van der Waals surface area contributed by atoms with E-state index in [2.05, 4.69) is 5.32 Å². The highest BCUT2D eigenvalue weighted by atomic mass is 32.2. The third kappa shape index (κ3) is 2.57. The summed E-state index contributed by atoms with van der Waals surface area (Å²) >= 11 is 2.83. The van der Waals surface area contributed by atoms with E-state index in [1.165, 1.54) is 23.1 Å². The van der Waals surface area contributed by atoms with Crippen LogP contribution in [0.5, 0.6) is 0 Å². The largest absolute Gasteiger partial charge is 0.396 e. The van der Waals surface area contributed by atoms with Gasteiger partial charge in [-0.2, -0.15) is 0 Å². The Morgan fingerprint density at radius 1 is 1.53 bits per heavy atom. The first-order valence-corrected chi connectivity index (χ1v) is 6.54. The summed E-state index contributed by atoms with van der Waals surface area (Å²) in [7, 11) is 0. The first-order chi connectivity index (χ1) is 6.97. The summed E-state index contributed by atoms with van der Waals surface area (Å²) in [6, 6.07) is 0.301. The average molecular weight is 245 g/mol. The normalized spacial score (nSPS) is 10.7. The molecule has 0 saturated carbocycles. The Morgan fingerprint density at radius 3 is 2.53 bits per heavy atom. The lowest BCUT2D eigenvalue weighted by molar-refractivity contribution is 0.100.